The first kappa shape index (κ1) is 9.73. The van der Waals surface area contributed by atoms with Gasteiger partial charge in [0, 0.05) is 12.6 Å². The summed E-state index contributed by atoms with van der Waals surface area (Å²) in [7, 11) is 1.24. The van der Waals surface area contributed by atoms with Crippen LogP contribution in [0.15, 0.2) is 6.07 Å². The van der Waals surface area contributed by atoms with Gasteiger partial charge >= 0.3 is 0 Å². The molecule has 0 bridgehead atoms. The highest BCUT2D eigenvalue weighted by Crippen LogP contribution is 2.32. The largest absolute Gasteiger partial charge is 0.504 e. The van der Waals surface area contributed by atoms with Gasteiger partial charge in [-0.25, -0.2) is 8.78 Å². The highest BCUT2D eigenvalue weighted by Gasteiger charge is 2.16. The van der Waals surface area contributed by atoms with Gasteiger partial charge < -0.3 is 15.6 Å². The number of hydrogen-bond donors (Lipinski definition) is 2. The Hall–Kier alpha value is -1.36. The molecule has 1 rings (SSSR count). The lowest BCUT2D eigenvalue weighted by Gasteiger charge is -2.08. The van der Waals surface area contributed by atoms with Crippen LogP contribution in [0.3, 0.4) is 0 Å². The summed E-state index contributed by atoms with van der Waals surface area (Å²) < 4.78 is 30.3. The van der Waals surface area contributed by atoms with Gasteiger partial charge in [-0.15, -0.1) is 0 Å². The molecule has 1 aromatic carbocycles. The lowest BCUT2D eigenvalue weighted by Crippen LogP contribution is -2.03. The summed E-state index contributed by atoms with van der Waals surface area (Å²) in [6, 6.07) is 0.768. The van der Waals surface area contributed by atoms with Gasteiger partial charge in [0.15, 0.2) is 23.1 Å². The number of halogens is 2. The lowest BCUT2D eigenvalue weighted by atomic mass is 10.1. The van der Waals surface area contributed by atoms with Crippen LogP contribution in [0.5, 0.6) is 11.5 Å². The minimum absolute atomic E-state index is 0.126. The van der Waals surface area contributed by atoms with Crippen LogP contribution >= 0.6 is 0 Å². The first-order chi connectivity index (χ1) is 6.11. The maximum absolute atomic E-state index is 12.9. The zero-order chi connectivity index (χ0) is 10.0. The molecule has 0 saturated carbocycles. The SMILES string of the molecule is COc1cc(F)c(F)c(CN)c1O. The Kier molecular flexibility index (Phi) is 2.67. The van der Waals surface area contributed by atoms with E-state index < -0.39 is 17.4 Å². The molecule has 72 valence electrons. The van der Waals surface area contributed by atoms with Crippen LogP contribution < -0.4 is 10.5 Å². The summed E-state index contributed by atoms with van der Waals surface area (Å²) in [5.74, 6) is -2.81. The van der Waals surface area contributed by atoms with Crippen LogP contribution in [0.1, 0.15) is 5.56 Å². The average Bonchev–Trinajstić information content (AvgIpc) is 2.12. The third-order valence-corrected chi connectivity index (χ3v) is 1.68. The molecule has 0 atom stereocenters. The van der Waals surface area contributed by atoms with Crippen molar-refractivity contribution in [3.05, 3.63) is 23.3 Å². The number of hydrogen-bond acceptors (Lipinski definition) is 3. The van der Waals surface area contributed by atoms with Crippen molar-refractivity contribution in [2.75, 3.05) is 7.11 Å². The van der Waals surface area contributed by atoms with Crippen molar-refractivity contribution in [3.8, 4) is 11.5 Å². The average molecular weight is 189 g/mol. The van der Waals surface area contributed by atoms with Gasteiger partial charge in [0.1, 0.15) is 0 Å². The topological polar surface area (TPSA) is 55.5 Å². The molecule has 0 radical (unpaired) electrons. The Morgan fingerprint density at radius 2 is 2.15 bits per heavy atom. The van der Waals surface area contributed by atoms with Crippen LogP contribution in [0.2, 0.25) is 0 Å². The highest BCUT2D eigenvalue weighted by molar-refractivity contribution is 5.46. The van der Waals surface area contributed by atoms with Crippen molar-refractivity contribution >= 4 is 0 Å². The fourth-order valence-electron chi connectivity index (χ4n) is 0.986. The van der Waals surface area contributed by atoms with E-state index in [2.05, 4.69) is 4.74 Å². The van der Waals surface area contributed by atoms with E-state index in [1.807, 2.05) is 0 Å². The van der Waals surface area contributed by atoms with Gasteiger partial charge in [-0.3, -0.25) is 0 Å². The van der Waals surface area contributed by atoms with Gasteiger partial charge in [-0.05, 0) is 0 Å². The van der Waals surface area contributed by atoms with Crippen molar-refractivity contribution in [3.63, 3.8) is 0 Å². The van der Waals surface area contributed by atoms with Gasteiger partial charge in [-0.2, -0.15) is 0 Å². The molecule has 0 unspecified atom stereocenters. The van der Waals surface area contributed by atoms with E-state index in [0.29, 0.717) is 0 Å². The molecule has 1 aromatic rings. The van der Waals surface area contributed by atoms with Crippen molar-refractivity contribution in [2.45, 2.75) is 6.54 Å². The fraction of sp³-hybridized carbons (Fsp3) is 0.250. The van der Waals surface area contributed by atoms with Crippen molar-refractivity contribution in [1.82, 2.24) is 0 Å². The highest BCUT2D eigenvalue weighted by atomic mass is 19.2. The summed E-state index contributed by atoms with van der Waals surface area (Å²) in [4.78, 5) is 0. The Balaban J connectivity index is 3.39. The summed E-state index contributed by atoms with van der Waals surface area (Å²) in [5, 5.41) is 9.28. The normalized spacial score (nSPS) is 10.2. The zero-order valence-electron chi connectivity index (χ0n) is 6.97. The molecular weight excluding hydrogens is 180 g/mol. The Morgan fingerprint density at radius 1 is 1.54 bits per heavy atom. The maximum Gasteiger partial charge on any atom is 0.167 e. The molecule has 0 amide bonds. The number of aromatic hydroxyl groups is 1. The monoisotopic (exact) mass is 189 g/mol. The Morgan fingerprint density at radius 3 is 2.62 bits per heavy atom. The molecule has 13 heavy (non-hydrogen) atoms. The standard InChI is InChI=1S/C8H9F2NO2/c1-13-6-2-5(9)7(10)4(3-11)8(6)12/h2,12H,3,11H2,1H3. The van der Waals surface area contributed by atoms with Crippen LogP contribution in [0.4, 0.5) is 8.78 Å². The number of rotatable bonds is 2. The zero-order valence-corrected chi connectivity index (χ0v) is 6.97. The van der Waals surface area contributed by atoms with Crippen LogP contribution in [0, 0.1) is 11.6 Å². The van der Waals surface area contributed by atoms with E-state index in [0.717, 1.165) is 6.07 Å². The number of ether oxygens (including phenoxy) is 1. The predicted octanol–water partition coefficient (Wildman–Crippen LogP) is 1.14. The summed E-state index contributed by atoms with van der Waals surface area (Å²) in [5.41, 5.74) is 4.84. The van der Waals surface area contributed by atoms with Crippen molar-refractivity contribution in [2.24, 2.45) is 5.73 Å². The Labute approximate surface area is 73.7 Å². The molecule has 0 fully saturated rings. The third kappa shape index (κ3) is 1.55. The van der Waals surface area contributed by atoms with Crippen LogP contribution in [-0.2, 0) is 6.54 Å². The van der Waals surface area contributed by atoms with Gasteiger partial charge in [0.25, 0.3) is 0 Å². The fourth-order valence-corrected chi connectivity index (χ4v) is 0.986. The second-order valence-electron chi connectivity index (χ2n) is 2.41. The van der Waals surface area contributed by atoms with E-state index in [4.69, 9.17) is 5.73 Å². The minimum atomic E-state index is -1.14. The van der Waals surface area contributed by atoms with E-state index in [1.165, 1.54) is 7.11 Å². The molecule has 3 N–H and O–H groups in total. The van der Waals surface area contributed by atoms with E-state index >= 15 is 0 Å². The molecule has 3 nitrogen and oxygen atoms in total. The molecule has 0 aliphatic carbocycles. The number of benzene rings is 1. The minimum Gasteiger partial charge on any atom is -0.504 e. The smallest absolute Gasteiger partial charge is 0.167 e. The second-order valence-corrected chi connectivity index (χ2v) is 2.41. The first-order valence-corrected chi connectivity index (χ1v) is 3.55. The second kappa shape index (κ2) is 3.57. The number of nitrogens with two attached hydrogens (primary N) is 1. The molecular formula is C8H9F2NO2. The molecule has 5 heteroatoms. The number of phenolic OH excluding ortho intramolecular Hbond substituents is 1. The van der Waals surface area contributed by atoms with E-state index in [-0.39, 0.29) is 17.9 Å². The summed E-state index contributed by atoms with van der Waals surface area (Å²) in [6.45, 7) is -0.286. The third-order valence-electron chi connectivity index (χ3n) is 1.68. The van der Waals surface area contributed by atoms with Crippen LogP contribution in [-0.4, -0.2) is 12.2 Å². The Bertz CT molecular complexity index is 328. The summed E-state index contributed by atoms with van der Waals surface area (Å²) in [6.07, 6.45) is 0. The predicted molar refractivity (Wildman–Crippen MR) is 42.5 cm³/mol. The van der Waals surface area contributed by atoms with Crippen LogP contribution in [0.25, 0.3) is 0 Å². The molecule has 0 saturated heterocycles. The van der Waals surface area contributed by atoms with E-state index in [9.17, 15) is 13.9 Å². The molecule has 0 aliphatic heterocycles. The van der Waals surface area contributed by atoms with Gasteiger partial charge in [0.2, 0.25) is 0 Å². The maximum atomic E-state index is 12.9. The number of phenols is 1. The molecule has 0 heterocycles. The molecule has 0 aliphatic rings. The lowest BCUT2D eigenvalue weighted by molar-refractivity contribution is 0.359. The summed E-state index contributed by atoms with van der Waals surface area (Å²) >= 11 is 0. The quantitative estimate of drug-likeness (QED) is 0.733. The van der Waals surface area contributed by atoms with Gasteiger partial charge in [-0.1, -0.05) is 0 Å². The molecule has 0 spiro atoms. The van der Waals surface area contributed by atoms with Crippen molar-refractivity contribution < 1.29 is 18.6 Å². The first-order valence-electron chi connectivity index (χ1n) is 3.55. The molecule has 0 aromatic heterocycles. The number of methoxy groups -OCH3 is 1. The van der Waals surface area contributed by atoms with E-state index in [1.54, 1.807) is 0 Å². The van der Waals surface area contributed by atoms with Gasteiger partial charge in [0.05, 0.1) is 12.7 Å². The van der Waals surface area contributed by atoms with Crippen molar-refractivity contribution in [1.29, 1.82) is 0 Å².